The van der Waals surface area contributed by atoms with Gasteiger partial charge in [-0.1, -0.05) is 13.8 Å². The van der Waals surface area contributed by atoms with Crippen LogP contribution in [-0.2, 0) is 0 Å². The fourth-order valence-corrected chi connectivity index (χ4v) is 0.915. The van der Waals surface area contributed by atoms with Gasteiger partial charge in [0.25, 0.3) is 0 Å². The van der Waals surface area contributed by atoms with Crippen LogP contribution in [0.15, 0.2) is 22.0 Å². The van der Waals surface area contributed by atoms with Crippen molar-refractivity contribution >= 4 is 0 Å². The summed E-state index contributed by atoms with van der Waals surface area (Å²) in [6, 6.07) is 0. The molecule has 3 nitrogen and oxygen atoms in total. The number of rotatable bonds is 4. The van der Waals surface area contributed by atoms with E-state index in [0.29, 0.717) is 5.92 Å². The van der Waals surface area contributed by atoms with E-state index in [9.17, 15) is 0 Å². The van der Waals surface area contributed by atoms with Crippen LogP contribution < -0.4 is 5.32 Å². The Kier molecular flexibility index (Phi) is 3.23. The van der Waals surface area contributed by atoms with Gasteiger partial charge in [0.05, 0.1) is 12.2 Å². The topological polar surface area (TPSA) is 36.8 Å². The van der Waals surface area contributed by atoms with Crippen molar-refractivity contribution in [2.24, 2.45) is 16.1 Å². The molecule has 0 aromatic carbocycles. The zero-order valence-corrected chi connectivity index (χ0v) is 7.17. The molecular formula is C8H15N3. The van der Waals surface area contributed by atoms with Gasteiger partial charge in [-0.05, 0) is 18.5 Å². The van der Waals surface area contributed by atoms with Crippen molar-refractivity contribution in [1.29, 1.82) is 0 Å². The summed E-state index contributed by atoms with van der Waals surface area (Å²) in [6.45, 7) is 7.06. The van der Waals surface area contributed by atoms with E-state index < -0.39 is 0 Å². The minimum absolute atomic E-state index is 0.703. The Morgan fingerprint density at radius 3 is 3.00 bits per heavy atom. The molecule has 0 saturated heterocycles. The van der Waals surface area contributed by atoms with Crippen molar-refractivity contribution in [2.75, 3.05) is 19.6 Å². The van der Waals surface area contributed by atoms with Crippen LogP contribution in [0.25, 0.3) is 0 Å². The normalized spacial score (nSPS) is 16.1. The lowest BCUT2D eigenvalue weighted by atomic mass is 10.2. The van der Waals surface area contributed by atoms with E-state index in [1.54, 1.807) is 0 Å². The highest BCUT2D eigenvalue weighted by molar-refractivity contribution is 5.05. The Balaban J connectivity index is 2.08. The summed E-state index contributed by atoms with van der Waals surface area (Å²) in [5, 5.41) is 11.1. The van der Waals surface area contributed by atoms with Gasteiger partial charge in [-0.2, -0.15) is 10.2 Å². The SMILES string of the molecule is CC(C)CNCC1=CCN=N1. The Morgan fingerprint density at radius 1 is 1.64 bits per heavy atom. The van der Waals surface area contributed by atoms with Crippen LogP contribution in [0.2, 0.25) is 0 Å². The zero-order chi connectivity index (χ0) is 8.10. The Bertz CT molecular complexity index is 170. The van der Waals surface area contributed by atoms with Gasteiger partial charge in [0.1, 0.15) is 0 Å². The minimum atomic E-state index is 0.703. The lowest BCUT2D eigenvalue weighted by Crippen LogP contribution is -2.21. The highest BCUT2D eigenvalue weighted by Crippen LogP contribution is 2.03. The maximum absolute atomic E-state index is 3.96. The van der Waals surface area contributed by atoms with Gasteiger partial charge in [-0.3, -0.25) is 0 Å². The van der Waals surface area contributed by atoms with Crippen molar-refractivity contribution < 1.29 is 0 Å². The molecule has 11 heavy (non-hydrogen) atoms. The van der Waals surface area contributed by atoms with E-state index in [-0.39, 0.29) is 0 Å². The summed E-state index contributed by atoms with van der Waals surface area (Å²) in [6.07, 6.45) is 2.05. The average Bonchev–Trinajstić information content (AvgIpc) is 2.39. The van der Waals surface area contributed by atoms with Crippen LogP contribution >= 0.6 is 0 Å². The predicted molar refractivity (Wildman–Crippen MR) is 45.5 cm³/mol. The first-order valence-electron chi connectivity index (χ1n) is 4.06. The fourth-order valence-electron chi connectivity index (χ4n) is 0.915. The van der Waals surface area contributed by atoms with E-state index in [1.165, 1.54) is 0 Å². The average molecular weight is 153 g/mol. The third-order valence-corrected chi connectivity index (χ3v) is 1.47. The van der Waals surface area contributed by atoms with Crippen LogP contribution in [0.3, 0.4) is 0 Å². The summed E-state index contributed by atoms with van der Waals surface area (Å²) < 4.78 is 0. The maximum atomic E-state index is 3.96. The van der Waals surface area contributed by atoms with E-state index >= 15 is 0 Å². The number of azo groups is 1. The molecule has 3 heteroatoms. The molecular weight excluding hydrogens is 138 g/mol. The van der Waals surface area contributed by atoms with Crippen LogP contribution in [0.1, 0.15) is 13.8 Å². The first kappa shape index (κ1) is 8.40. The van der Waals surface area contributed by atoms with Crippen molar-refractivity contribution in [1.82, 2.24) is 5.32 Å². The second-order valence-corrected chi connectivity index (χ2v) is 3.14. The van der Waals surface area contributed by atoms with Gasteiger partial charge in [0.15, 0.2) is 0 Å². The zero-order valence-electron chi connectivity index (χ0n) is 7.17. The molecule has 0 bridgehead atoms. The summed E-state index contributed by atoms with van der Waals surface area (Å²) in [7, 11) is 0. The predicted octanol–water partition coefficient (Wildman–Crippen LogP) is 1.58. The minimum Gasteiger partial charge on any atom is -0.311 e. The highest BCUT2D eigenvalue weighted by Gasteiger charge is 1.99. The molecule has 0 fully saturated rings. The van der Waals surface area contributed by atoms with E-state index in [2.05, 4.69) is 29.4 Å². The van der Waals surface area contributed by atoms with Gasteiger partial charge in [-0.15, -0.1) is 0 Å². The van der Waals surface area contributed by atoms with Gasteiger partial charge >= 0.3 is 0 Å². The highest BCUT2D eigenvalue weighted by atomic mass is 15.1. The van der Waals surface area contributed by atoms with E-state index in [1.807, 2.05) is 6.08 Å². The molecule has 0 amide bonds. The van der Waals surface area contributed by atoms with Gasteiger partial charge in [0.2, 0.25) is 0 Å². The molecule has 0 aromatic heterocycles. The second kappa shape index (κ2) is 4.23. The fraction of sp³-hybridized carbons (Fsp3) is 0.750. The quantitative estimate of drug-likeness (QED) is 0.654. The first-order chi connectivity index (χ1) is 5.29. The molecule has 1 heterocycles. The van der Waals surface area contributed by atoms with Gasteiger partial charge < -0.3 is 5.32 Å². The largest absolute Gasteiger partial charge is 0.311 e. The third kappa shape index (κ3) is 3.28. The van der Waals surface area contributed by atoms with Crippen LogP contribution in [0.4, 0.5) is 0 Å². The molecule has 62 valence electrons. The first-order valence-corrected chi connectivity index (χ1v) is 4.06. The van der Waals surface area contributed by atoms with Gasteiger partial charge in [0, 0.05) is 6.54 Å². The number of nitrogens with zero attached hydrogens (tertiary/aromatic N) is 2. The van der Waals surface area contributed by atoms with E-state index in [4.69, 9.17) is 0 Å². The Morgan fingerprint density at radius 2 is 2.45 bits per heavy atom. The lowest BCUT2D eigenvalue weighted by molar-refractivity contribution is 0.570. The Labute approximate surface area is 67.6 Å². The Hall–Kier alpha value is -0.700. The summed E-state index contributed by atoms with van der Waals surface area (Å²) >= 11 is 0. The molecule has 0 saturated carbocycles. The van der Waals surface area contributed by atoms with Crippen molar-refractivity contribution in [2.45, 2.75) is 13.8 Å². The standard InChI is InChI=1S/C8H15N3/c1-7(2)5-9-6-8-3-4-10-11-8/h3,7,9H,4-6H2,1-2H3. The van der Waals surface area contributed by atoms with Gasteiger partial charge in [-0.25, -0.2) is 0 Å². The summed E-state index contributed by atoms with van der Waals surface area (Å²) in [5.74, 6) is 0.703. The van der Waals surface area contributed by atoms with Crippen molar-refractivity contribution in [3.8, 4) is 0 Å². The van der Waals surface area contributed by atoms with Crippen LogP contribution in [0.5, 0.6) is 0 Å². The smallest absolute Gasteiger partial charge is 0.0805 e. The molecule has 0 unspecified atom stereocenters. The van der Waals surface area contributed by atoms with Crippen molar-refractivity contribution in [3.63, 3.8) is 0 Å². The number of nitrogens with one attached hydrogen (secondary N) is 1. The summed E-state index contributed by atoms with van der Waals surface area (Å²) in [5.41, 5.74) is 1.07. The molecule has 0 radical (unpaired) electrons. The van der Waals surface area contributed by atoms with Crippen LogP contribution in [0, 0.1) is 5.92 Å². The lowest BCUT2D eigenvalue weighted by Gasteiger charge is -2.05. The second-order valence-electron chi connectivity index (χ2n) is 3.14. The third-order valence-electron chi connectivity index (χ3n) is 1.47. The molecule has 1 N–H and O–H groups in total. The molecule has 0 aliphatic carbocycles. The summed E-state index contributed by atoms with van der Waals surface area (Å²) in [4.78, 5) is 0. The number of hydrogen-bond acceptors (Lipinski definition) is 3. The van der Waals surface area contributed by atoms with E-state index in [0.717, 1.165) is 25.3 Å². The monoisotopic (exact) mass is 153 g/mol. The number of hydrogen-bond donors (Lipinski definition) is 1. The maximum Gasteiger partial charge on any atom is 0.0805 e. The molecule has 0 aromatic rings. The van der Waals surface area contributed by atoms with Crippen LogP contribution in [-0.4, -0.2) is 19.6 Å². The molecule has 1 aliphatic rings. The molecule has 0 spiro atoms. The molecule has 0 atom stereocenters. The molecule has 1 aliphatic heterocycles. The van der Waals surface area contributed by atoms with Crippen molar-refractivity contribution in [3.05, 3.63) is 11.8 Å². The molecule has 1 rings (SSSR count).